The van der Waals surface area contributed by atoms with E-state index in [-0.39, 0.29) is 5.56 Å². The Bertz CT molecular complexity index is 897. The van der Waals surface area contributed by atoms with Gasteiger partial charge in [-0.25, -0.2) is 4.79 Å². The summed E-state index contributed by atoms with van der Waals surface area (Å²) in [6.07, 6.45) is 13.4. The highest BCUT2D eigenvalue weighted by atomic mass is 31.2. The zero-order valence-electron chi connectivity index (χ0n) is 22.7. The zero-order valence-corrected chi connectivity index (χ0v) is 23.6. The van der Waals surface area contributed by atoms with Crippen LogP contribution >= 0.6 is 7.60 Å². The van der Waals surface area contributed by atoms with Gasteiger partial charge in [-0.1, -0.05) is 108 Å². The molecule has 0 fully saturated rings. The number of benzene rings is 2. The molecule has 0 heterocycles. The molecule has 6 nitrogen and oxygen atoms in total. The van der Waals surface area contributed by atoms with Crippen molar-refractivity contribution in [3.63, 3.8) is 0 Å². The molecule has 0 saturated carbocycles. The summed E-state index contributed by atoms with van der Waals surface area (Å²) in [6.45, 7) is 5.16. The molecule has 2 aromatic carbocycles. The first-order valence-electron chi connectivity index (χ1n) is 14.0. The lowest BCUT2D eigenvalue weighted by atomic mass is 10.1. The maximum absolute atomic E-state index is 14.4. The lowest BCUT2D eigenvalue weighted by Gasteiger charge is -2.29. The SMILES string of the molecule is CCCCCCCCOP(=O)(OCCCCCCCC)C(Nc1ccc(C(=O)O)cc1)c1ccccc1. The molecule has 1 atom stereocenters. The van der Waals surface area contributed by atoms with Crippen molar-refractivity contribution >= 4 is 19.3 Å². The smallest absolute Gasteiger partial charge is 0.357 e. The molecule has 2 aromatic rings. The molecular formula is C30H46NO5P. The predicted octanol–water partition coefficient (Wildman–Crippen LogP) is 9.44. The van der Waals surface area contributed by atoms with Crippen molar-refractivity contribution < 1.29 is 23.5 Å². The molecule has 1 unspecified atom stereocenters. The van der Waals surface area contributed by atoms with E-state index in [1.54, 1.807) is 12.1 Å². The molecule has 0 aliphatic heterocycles. The van der Waals surface area contributed by atoms with Gasteiger partial charge in [-0.3, -0.25) is 4.57 Å². The molecule has 0 aliphatic carbocycles. The van der Waals surface area contributed by atoms with Crippen LogP contribution in [0.4, 0.5) is 5.69 Å². The van der Waals surface area contributed by atoms with E-state index in [2.05, 4.69) is 19.2 Å². The first-order valence-corrected chi connectivity index (χ1v) is 15.6. The highest BCUT2D eigenvalue weighted by molar-refractivity contribution is 7.54. The summed E-state index contributed by atoms with van der Waals surface area (Å²) in [5.74, 6) is -1.69. The van der Waals surface area contributed by atoms with E-state index in [4.69, 9.17) is 9.05 Å². The fourth-order valence-corrected chi connectivity index (χ4v) is 6.17. The van der Waals surface area contributed by atoms with Gasteiger partial charge in [0.1, 0.15) is 0 Å². The number of nitrogens with one attached hydrogen (secondary N) is 1. The van der Waals surface area contributed by atoms with Gasteiger partial charge in [0.05, 0.1) is 18.8 Å². The fourth-order valence-electron chi connectivity index (χ4n) is 4.18. The number of carbonyl (C=O) groups is 1. The molecule has 0 aliphatic rings. The van der Waals surface area contributed by atoms with Crippen molar-refractivity contribution in [2.75, 3.05) is 18.5 Å². The van der Waals surface area contributed by atoms with Gasteiger partial charge >= 0.3 is 13.6 Å². The number of hydrogen-bond acceptors (Lipinski definition) is 5. The molecule has 7 heteroatoms. The summed E-state index contributed by atoms with van der Waals surface area (Å²) in [6, 6.07) is 16.0. The molecule has 0 aromatic heterocycles. The number of hydrogen-bond donors (Lipinski definition) is 2. The zero-order chi connectivity index (χ0) is 26.8. The standard InChI is InChI=1S/C30H46NO5P/c1-3-5-7-9-11-16-24-35-37(34,36-25-17-12-10-8-6-4-2)29(26-18-14-13-15-19-26)31-28-22-20-27(21-23-28)30(32)33/h13-15,18-23,29,31H,3-12,16-17,24-25H2,1-2H3,(H,32,33). The third-order valence-electron chi connectivity index (χ3n) is 6.41. The van der Waals surface area contributed by atoms with E-state index in [9.17, 15) is 14.5 Å². The third kappa shape index (κ3) is 11.8. The Morgan fingerprint density at radius 3 is 1.73 bits per heavy atom. The molecule has 2 N–H and O–H groups in total. The maximum Gasteiger partial charge on any atom is 0.357 e. The van der Waals surface area contributed by atoms with Crippen molar-refractivity contribution in [3.05, 3.63) is 65.7 Å². The van der Waals surface area contributed by atoms with Gasteiger partial charge < -0.3 is 19.5 Å². The van der Waals surface area contributed by atoms with Crippen LogP contribution in [0.1, 0.15) is 113 Å². The van der Waals surface area contributed by atoms with Gasteiger partial charge in [-0.15, -0.1) is 0 Å². The number of rotatable bonds is 21. The van der Waals surface area contributed by atoms with E-state index in [1.807, 2.05) is 30.3 Å². The maximum atomic E-state index is 14.4. The Balaban J connectivity index is 2.15. The third-order valence-corrected chi connectivity index (χ3v) is 8.55. The topological polar surface area (TPSA) is 84.9 Å². The Kier molecular flexibility index (Phi) is 15.3. The van der Waals surface area contributed by atoms with Crippen molar-refractivity contribution in [1.29, 1.82) is 0 Å². The normalized spacial score (nSPS) is 12.4. The number of carboxylic acids is 1. The highest BCUT2D eigenvalue weighted by Gasteiger charge is 2.37. The van der Waals surface area contributed by atoms with Crippen LogP contribution in [-0.4, -0.2) is 24.3 Å². The average molecular weight is 532 g/mol. The van der Waals surface area contributed by atoms with E-state index in [0.717, 1.165) is 44.1 Å². The first kappa shape index (κ1) is 31.1. The molecule has 0 amide bonds. The van der Waals surface area contributed by atoms with Gasteiger partial charge in [-0.05, 0) is 42.7 Å². The molecule has 0 bridgehead atoms. The summed E-state index contributed by atoms with van der Waals surface area (Å²) < 4.78 is 26.6. The summed E-state index contributed by atoms with van der Waals surface area (Å²) in [5.41, 5.74) is 1.66. The van der Waals surface area contributed by atoms with E-state index >= 15 is 0 Å². The summed E-state index contributed by atoms with van der Waals surface area (Å²) in [7, 11) is -3.60. The monoisotopic (exact) mass is 531 g/mol. The Labute approximate surface area is 223 Å². The second-order valence-corrected chi connectivity index (χ2v) is 11.7. The molecule has 2 rings (SSSR count). The average Bonchev–Trinajstić information content (AvgIpc) is 2.91. The van der Waals surface area contributed by atoms with Gasteiger partial charge in [0, 0.05) is 5.69 Å². The largest absolute Gasteiger partial charge is 0.478 e. The van der Waals surface area contributed by atoms with Crippen LogP contribution in [0.25, 0.3) is 0 Å². The predicted molar refractivity (Wildman–Crippen MR) is 152 cm³/mol. The molecule has 0 spiro atoms. The minimum Gasteiger partial charge on any atom is -0.478 e. The van der Waals surface area contributed by atoms with Crippen molar-refractivity contribution in [1.82, 2.24) is 0 Å². The minimum atomic E-state index is -3.60. The van der Waals surface area contributed by atoms with Gasteiger partial charge in [0.25, 0.3) is 0 Å². The van der Waals surface area contributed by atoms with Crippen molar-refractivity contribution in [3.8, 4) is 0 Å². The lowest BCUT2D eigenvalue weighted by molar-refractivity contribution is 0.0697. The van der Waals surface area contributed by atoms with Crippen molar-refractivity contribution in [2.24, 2.45) is 0 Å². The molecule has 0 radical (unpaired) electrons. The number of unbranched alkanes of at least 4 members (excludes halogenated alkanes) is 10. The van der Waals surface area contributed by atoms with Crippen LogP contribution in [0, 0.1) is 0 Å². The number of carboxylic acid groups (broad SMARTS) is 1. The Morgan fingerprint density at radius 1 is 0.757 bits per heavy atom. The van der Waals surface area contributed by atoms with Crippen molar-refractivity contribution in [2.45, 2.75) is 96.7 Å². The van der Waals surface area contributed by atoms with Gasteiger partial charge in [0.15, 0.2) is 5.78 Å². The molecule has 37 heavy (non-hydrogen) atoms. The highest BCUT2D eigenvalue weighted by Crippen LogP contribution is 2.61. The van der Waals surface area contributed by atoms with Crippen LogP contribution < -0.4 is 5.32 Å². The first-order chi connectivity index (χ1) is 18.0. The Hall–Kier alpha value is -2.14. The lowest BCUT2D eigenvalue weighted by Crippen LogP contribution is -2.16. The Morgan fingerprint density at radius 2 is 1.24 bits per heavy atom. The quantitative estimate of drug-likeness (QED) is 0.123. The van der Waals surface area contributed by atoms with Crippen LogP contribution in [-0.2, 0) is 13.6 Å². The molecule has 206 valence electrons. The minimum absolute atomic E-state index is 0.198. The van der Waals surface area contributed by atoms with Gasteiger partial charge in [0.2, 0.25) is 0 Å². The molecular weight excluding hydrogens is 485 g/mol. The van der Waals surface area contributed by atoms with Gasteiger partial charge in [-0.2, -0.15) is 0 Å². The van der Waals surface area contributed by atoms with E-state index in [0.29, 0.717) is 18.9 Å². The molecule has 0 saturated heterocycles. The summed E-state index contributed by atoms with van der Waals surface area (Å²) in [4.78, 5) is 11.3. The van der Waals surface area contributed by atoms with Crippen LogP contribution in [0.3, 0.4) is 0 Å². The second kappa shape index (κ2) is 18.2. The van der Waals surface area contributed by atoms with Crippen LogP contribution in [0.15, 0.2) is 54.6 Å². The van der Waals surface area contributed by atoms with Crippen LogP contribution in [0.5, 0.6) is 0 Å². The fraction of sp³-hybridized carbons (Fsp3) is 0.567. The summed E-state index contributed by atoms with van der Waals surface area (Å²) in [5, 5.41) is 12.6. The van der Waals surface area contributed by atoms with Crippen LogP contribution in [0.2, 0.25) is 0 Å². The number of aromatic carboxylic acids is 1. The summed E-state index contributed by atoms with van der Waals surface area (Å²) >= 11 is 0. The number of anilines is 1. The van der Waals surface area contributed by atoms with E-state index in [1.165, 1.54) is 50.7 Å². The van der Waals surface area contributed by atoms with E-state index < -0.39 is 19.3 Å². The second-order valence-electron chi connectivity index (χ2n) is 9.58.